The minimum absolute atomic E-state index is 0.0375. The summed E-state index contributed by atoms with van der Waals surface area (Å²) in [7, 11) is 1.71. The molecule has 3 aromatic rings. The number of anilines is 5. The first-order valence-electron chi connectivity index (χ1n) is 6.89. The highest BCUT2D eigenvalue weighted by Gasteiger charge is 2.12. The Labute approximate surface area is 150 Å². The predicted molar refractivity (Wildman–Crippen MR) is 94.6 cm³/mol. The van der Waals surface area contributed by atoms with Crippen molar-refractivity contribution in [3.05, 3.63) is 41.6 Å². The summed E-state index contributed by atoms with van der Waals surface area (Å²) >= 11 is 5.94. The number of nitrogens with one attached hydrogen (secondary N) is 2. The lowest BCUT2D eigenvalue weighted by atomic mass is 10.2. The van der Waals surface area contributed by atoms with Gasteiger partial charge in [0.05, 0.1) is 24.0 Å². The normalized spacial score (nSPS) is 10.7. The number of nitrogens with two attached hydrogens (primary N) is 1. The lowest BCUT2D eigenvalue weighted by molar-refractivity contribution is 0.629. The topological polar surface area (TPSA) is 93.7 Å². The smallest absolute Gasteiger partial charge is 0.229 e. The van der Waals surface area contributed by atoms with Gasteiger partial charge >= 0.3 is 0 Å². The van der Waals surface area contributed by atoms with Gasteiger partial charge in [-0.05, 0) is 18.2 Å². The Morgan fingerprint density at radius 2 is 2.08 bits per heavy atom. The molecule has 0 amide bonds. The zero-order valence-corrected chi connectivity index (χ0v) is 14.4. The van der Waals surface area contributed by atoms with Crippen LogP contribution in [0.2, 0.25) is 5.15 Å². The summed E-state index contributed by atoms with van der Waals surface area (Å²) in [6.45, 7) is 0. The van der Waals surface area contributed by atoms with Crippen LogP contribution in [-0.4, -0.2) is 19.7 Å². The van der Waals surface area contributed by atoms with E-state index in [1.807, 2.05) is 0 Å². The number of nitrogens with zero attached hydrogens (tertiary/aromatic N) is 4. The average molecular weight is 384 g/mol. The largest absolute Gasteiger partial charge is 0.399 e. The highest BCUT2D eigenvalue weighted by Crippen LogP contribution is 2.31. The number of rotatable bonds is 5. The van der Waals surface area contributed by atoms with Crippen molar-refractivity contribution in [1.29, 1.82) is 0 Å². The lowest BCUT2D eigenvalue weighted by Crippen LogP contribution is -2.02. The fraction of sp³-hybridized carbons (Fsp3) is 0.0714. The minimum Gasteiger partial charge on any atom is -0.399 e. The first kappa shape index (κ1) is 17.2. The number of aromatic nitrogens is 4. The van der Waals surface area contributed by atoms with Crippen LogP contribution in [0.5, 0.6) is 0 Å². The molecule has 0 radical (unpaired) electrons. The van der Waals surface area contributed by atoms with Gasteiger partial charge in [-0.2, -0.15) is 14.0 Å². The summed E-state index contributed by atoms with van der Waals surface area (Å²) in [5.74, 6) is -0.207. The molecule has 11 heteroatoms. The molecule has 0 fully saturated rings. The van der Waals surface area contributed by atoms with Crippen molar-refractivity contribution in [3.63, 3.8) is 0 Å². The molecule has 4 N–H and O–H groups in total. The first-order valence-corrected chi connectivity index (χ1v) is 7.99. The Morgan fingerprint density at radius 1 is 1.28 bits per heavy atom. The fourth-order valence-corrected chi connectivity index (χ4v) is 2.54. The number of benzene rings is 1. The maximum atomic E-state index is 13.5. The average Bonchev–Trinajstić information content (AvgIpc) is 2.84. The summed E-state index contributed by atoms with van der Waals surface area (Å²) in [4.78, 5) is 8.34. The summed E-state index contributed by atoms with van der Waals surface area (Å²) in [6, 6.07) is 3.90. The van der Waals surface area contributed by atoms with Crippen molar-refractivity contribution in [2.45, 2.75) is 4.90 Å². The Hall–Kier alpha value is -2.59. The van der Waals surface area contributed by atoms with Gasteiger partial charge in [0.1, 0.15) is 10.7 Å². The third kappa shape index (κ3) is 4.09. The van der Waals surface area contributed by atoms with Crippen molar-refractivity contribution >= 4 is 52.6 Å². The molecule has 1 aromatic carbocycles. The van der Waals surface area contributed by atoms with E-state index in [0.29, 0.717) is 11.4 Å². The number of halogens is 3. The van der Waals surface area contributed by atoms with E-state index in [4.69, 9.17) is 17.3 Å². The SMILES string of the molecule is Cn1cc(Nc2ncc(SF)c(Nc3cc(N)cc(F)c3)n2)c(Cl)n1. The monoisotopic (exact) mass is 383 g/mol. The lowest BCUT2D eigenvalue weighted by Gasteiger charge is -2.11. The van der Waals surface area contributed by atoms with Crippen molar-refractivity contribution in [1.82, 2.24) is 19.7 Å². The molecular weight excluding hydrogens is 372 g/mol. The summed E-state index contributed by atoms with van der Waals surface area (Å²) < 4.78 is 28.1. The minimum atomic E-state index is -0.522. The summed E-state index contributed by atoms with van der Waals surface area (Å²) in [5.41, 5.74) is 6.66. The van der Waals surface area contributed by atoms with Gasteiger partial charge in [0, 0.05) is 24.6 Å². The second kappa shape index (κ2) is 7.11. The van der Waals surface area contributed by atoms with Gasteiger partial charge in [-0.15, -0.1) is 0 Å². The molecular formula is C14H12ClF2N7S. The van der Waals surface area contributed by atoms with E-state index in [1.54, 1.807) is 13.2 Å². The van der Waals surface area contributed by atoms with Gasteiger partial charge in [-0.25, -0.2) is 9.37 Å². The fourth-order valence-electron chi connectivity index (χ4n) is 2.06. The Morgan fingerprint density at radius 3 is 2.72 bits per heavy atom. The third-order valence-corrected chi connectivity index (χ3v) is 3.80. The van der Waals surface area contributed by atoms with Crippen LogP contribution < -0.4 is 16.4 Å². The van der Waals surface area contributed by atoms with Crippen LogP contribution in [-0.2, 0) is 7.05 Å². The predicted octanol–water partition coefficient (Wildman–Crippen LogP) is 4.05. The van der Waals surface area contributed by atoms with Gasteiger partial charge in [-0.3, -0.25) is 4.68 Å². The van der Waals surface area contributed by atoms with Crippen LogP contribution in [0, 0.1) is 5.82 Å². The van der Waals surface area contributed by atoms with E-state index in [9.17, 15) is 8.28 Å². The Bertz CT molecular complexity index is 898. The molecule has 7 nitrogen and oxygen atoms in total. The number of nitrogen functional groups attached to an aromatic ring is 1. The molecule has 130 valence electrons. The van der Waals surface area contributed by atoms with E-state index in [0.717, 1.165) is 0 Å². The summed E-state index contributed by atoms with van der Waals surface area (Å²) in [5, 5.41) is 9.93. The van der Waals surface area contributed by atoms with E-state index in [-0.39, 0.29) is 39.7 Å². The number of hydrogen-bond acceptors (Lipinski definition) is 7. The molecule has 3 rings (SSSR count). The van der Waals surface area contributed by atoms with E-state index >= 15 is 0 Å². The molecule has 0 aliphatic carbocycles. The van der Waals surface area contributed by atoms with Crippen molar-refractivity contribution in [2.75, 3.05) is 16.4 Å². The quantitative estimate of drug-likeness (QED) is 0.572. The van der Waals surface area contributed by atoms with Crippen LogP contribution in [0.25, 0.3) is 0 Å². The van der Waals surface area contributed by atoms with Crippen LogP contribution >= 0.6 is 23.7 Å². The van der Waals surface area contributed by atoms with Crippen molar-refractivity contribution in [2.24, 2.45) is 7.05 Å². The molecule has 0 aliphatic heterocycles. The molecule has 2 heterocycles. The van der Waals surface area contributed by atoms with Crippen LogP contribution in [0.15, 0.2) is 35.5 Å². The van der Waals surface area contributed by atoms with E-state index in [2.05, 4.69) is 25.7 Å². The third-order valence-electron chi connectivity index (χ3n) is 3.05. The standard InChI is InChI=1S/C14H12ClF2N7S/c1-24-6-10(12(15)23-24)21-14-19-5-11(25-17)13(22-14)20-9-3-7(16)2-8(18)4-9/h2-6H,18H2,1H3,(H2,19,20,21,22). The molecule has 0 saturated heterocycles. The molecule has 0 saturated carbocycles. The molecule has 2 aromatic heterocycles. The molecule has 0 unspecified atom stereocenters. The van der Waals surface area contributed by atoms with Gasteiger partial charge in [0.25, 0.3) is 0 Å². The maximum Gasteiger partial charge on any atom is 0.229 e. The van der Waals surface area contributed by atoms with Crippen molar-refractivity contribution in [3.8, 4) is 0 Å². The van der Waals surface area contributed by atoms with Gasteiger partial charge < -0.3 is 16.4 Å². The van der Waals surface area contributed by atoms with Crippen LogP contribution in [0.4, 0.5) is 37.1 Å². The van der Waals surface area contributed by atoms with Crippen molar-refractivity contribution < 1.29 is 8.28 Å². The van der Waals surface area contributed by atoms with Gasteiger partial charge in [0.15, 0.2) is 11.0 Å². The van der Waals surface area contributed by atoms with Gasteiger partial charge in [-0.1, -0.05) is 11.6 Å². The number of aryl methyl sites for hydroxylation is 1. The molecule has 0 bridgehead atoms. The maximum absolute atomic E-state index is 13.5. The van der Waals surface area contributed by atoms with Crippen LogP contribution in [0.3, 0.4) is 0 Å². The highest BCUT2D eigenvalue weighted by atomic mass is 35.5. The first-order chi connectivity index (χ1) is 11.9. The van der Waals surface area contributed by atoms with Gasteiger partial charge in [0.2, 0.25) is 5.95 Å². The van der Waals surface area contributed by atoms with E-state index < -0.39 is 5.82 Å². The second-order valence-electron chi connectivity index (χ2n) is 5.01. The summed E-state index contributed by atoms with van der Waals surface area (Å²) in [6.07, 6.45) is 2.93. The Kier molecular flexibility index (Phi) is 4.91. The van der Waals surface area contributed by atoms with Crippen LogP contribution in [0.1, 0.15) is 0 Å². The Balaban J connectivity index is 1.90. The molecule has 0 aliphatic rings. The van der Waals surface area contributed by atoms with E-state index in [1.165, 1.54) is 29.1 Å². The molecule has 0 spiro atoms. The zero-order valence-electron chi connectivity index (χ0n) is 12.8. The second-order valence-corrected chi connectivity index (χ2v) is 5.97. The molecule has 0 atom stereocenters. The highest BCUT2D eigenvalue weighted by molar-refractivity contribution is 7.94. The number of hydrogen-bond donors (Lipinski definition) is 3. The zero-order chi connectivity index (χ0) is 18.0. The molecule has 25 heavy (non-hydrogen) atoms.